The third-order valence-electron chi connectivity index (χ3n) is 2.04. The van der Waals surface area contributed by atoms with Gasteiger partial charge in [0.05, 0.1) is 5.92 Å². The Morgan fingerprint density at radius 2 is 1.79 bits per heavy atom. The van der Waals surface area contributed by atoms with Gasteiger partial charge in [0.15, 0.2) is 0 Å². The van der Waals surface area contributed by atoms with Crippen LogP contribution >= 0.6 is 0 Å². The maximum Gasteiger partial charge on any atom is 0.372 e. The molecule has 0 fully saturated rings. The number of carbonyl (C=O) groups excluding carboxylic acids is 1. The number of aliphatic carboxylic acids is 1. The zero-order chi connectivity index (χ0) is 10.7. The Kier molecular flexibility index (Phi) is 2.86. The quantitative estimate of drug-likeness (QED) is 0.555. The molecule has 1 aromatic carbocycles. The molecule has 4 nitrogen and oxygen atoms in total. The molecular weight excluding hydrogens is 182 g/mol. The van der Waals surface area contributed by atoms with Gasteiger partial charge in [-0.2, -0.15) is 0 Å². The largest absolute Gasteiger partial charge is 0.475 e. The fourth-order valence-electron chi connectivity index (χ4n) is 1.12. The van der Waals surface area contributed by atoms with Crippen LogP contribution in [0.3, 0.4) is 0 Å². The van der Waals surface area contributed by atoms with Gasteiger partial charge in [0, 0.05) is 5.69 Å². The summed E-state index contributed by atoms with van der Waals surface area (Å²) in [7, 11) is 0. The molecule has 0 radical (unpaired) electrons. The lowest BCUT2D eigenvalue weighted by Crippen LogP contribution is -2.19. The summed E-state index contributed by atoms with van der Waals surface area (Å²) < 4.78 is 0. The molecule has 0 amide bonds. The Balaban J connectivity index is 2.89. The van der Waals surface area contributed by atoms with E-state index in [0.29, 0.717) is 11.3 Å². The van der Waals surface area contributed by atoms with Crippen LogP contribution in [0.1, 0.15) is 18.4 Å². The molecule has 0 aliphatic heterocycles. The van der Waals surface area contributed by atoms with Crippen molar-refractivity contribution < 1.29 is 14.7 Å². The van der Waals surface area contributed by atoms with E-state index >= 15 is 0 Å². The van der Waals surface area contributed by atoms with E-state index in [0.717, 1.165) is 0 Å². The number of anilines is 1. The lowest BCUT2D eigenvalue weighted by molar-refractivity contribution is -0.149. The first-order valence-electron chi connectivity index (χ1n) is 4.15. The van der Waals surface area contributed by atoms with Gasteiger partial charge >= 0.3 is 5.97 Å². The van der Waals surface area contributed by atoms with Gasteiger partial charge in [-0.1, -0.05) is 19.1 Å². The summed E-state index contributed by atoms with van der Waals surface area (Å²) in [6, 6.07) is 6.59. The van der Waals surface area contributed by atoms with Crippen LogP contribution < -0.4 is 5.73 Å². The molecule has 0 aliphatic rings. The van der Waals surface area contributed by atoms with E-state index in [2.05, 4.69) is 0 Å². The molecule has 14 heavy (non-hydrogen) atoms. The molecule has 74 valence electrons. The van der Waals surface area contributed by atoms with Crippen molar-refractivity contribution in [2.24, 2.45) is 0 Å². The van der Waals surface area contributed by atoms with Crippen LogP contribution in [0.25, 0.3) is 0 Å². The Labute approximate surface area is 81.3 Å². The number of nitrogen functional groups attached to an aromatic ring is 1. The van der Waals surface area contributed by atoms with Crippen LogP contribution in [-0.2, 0) is 9.59 Å². The van der Waals surface area contributed by atoms with E-state index < -0.39 is 17.7 Å². The lowest BCUT2D eigenvalue weighted by atomic mass is 9.97. The highest BCUT2D eigenvalue weighted by atomic mass is 16.4. The number of rotatable bonds is 3. The fourth-order valence-corrected chi connectivity index (χ4v) is 1.12. The van der Waals surface area contributed by atoms with E-state index in [1.54, 1.807) is 31.2 Å². The van der Waals surface area contributed by atoms with E-state index in [9.17, 15) is 9.59 Å². The molecule has 0 saturated heterocycles. The molecular formula is C10H11NO3. The second-order valence-electron chi connectivity index (χ2n) is 3.06. The Hall–Kier alpha value is -1.84. The molecule has 0 aromatic heterocycles. The zero-order valence-corrected chi connectivity index (χ0v) is 7.73. The summed E-state index contributed by atoms with van der Waals surface area (Å²) >= 11 is 0. The summed E-state index contributed by atoms with van der Waals surface area (Å²) in [5, 5.41) is 8.49. The van der Waals surface area contributed by atoms with E-state index in [1.807, 2.05) is 0 Å². The highest BCUT2D eigenvalue weighted by Gasteiger charge is 2.21. The third-order valence-corrected chi connectivity index (χ3v) is 2.04. The SMILES string of the molecule is CC(C(=O)C(=O)O)c1ccc(N)cc1. The molecule has 0 saturated carbocycles. The topological polar surface area (TPSA) is 80.4 Å². The molecule has 3 N–H and O–H groups in total. The minimum absolute atomic E-state index is 0.587. The zero-order valence-electron chi connectivity index (χ0n) is 7.73. The highest BCUT2D eigenvalue weighted by Crippen LogP contribution is 2.17. The molecule has 1 aromatic rings. The van der Waals surface area contributed by atoms with Gasteiger partial charge in [-0.25, -0.2) is 4.79 Å². The standard InChI is InChI=1S/C10H11NO3/c1-6(9(12)10(13)14)7-2-4-8(11)5-3-7/h2-6H,11H2,1H3,(H,13,14). The number of hydrogen-bond acceptors (Lipinski definition) is 3. The Bertz CT molecular complexity index is 356. The van der Waals surface area contributed by atoms with Gasteiger partial charge in [0.2, 0.25) is 5.78 Å². The molecule has 0 spiro atoms. The number of nitrogens with two attached hydrogens (primary N) is 1. The molecule has 1 unspecified atom stereocenters. The van der Waals surface area contributed by atoms with Gasteiger partial charge in [0.25, 0.3) is 0 Å². The van der Waals surface area contributed by atoms with E-state index in [-0.39, 0.29) is 0 Å². The van der Waals surface area contributed by atoms with Crippen LogP contribution in [0, 0.1) is 0 Å². The van der Waals surface area contributed by atoms with Crippen molar-refractivity contribution in [2.45, 2.75) is 12.8 Å². The first-order chi connectivity index (χ1) is 6.52. The van der Waals surface area contributed by atoms with E-state index in [4.69, 9.17) is 10.8 Å². The predicted octanol–water partition coefficient (Wildman–Crippen LogP) is 1.03. The molecule has 1 rings (SSSR count). The summed E-state index contributed by atoms with van der Waals surface area (Å²) in [5.41, 5.74) is 6.71. The summed E-state index contributed by atoms with van der Waals surface area (Å²) in [6.45, 7) is 1.56. The smallest absolute Gasteiger partial charge is 0.372 e. The van der Waals surface area contributed by atoms with Gasteiger partial charge in [-0.3, -0.25) is 4.79 Å². The van der Waals surface area contributed by atoms with Crippen LogP contribution in [0.5, 0.6) is 0 Å². The molecule has 4 heteroatoms. The Morgan fingerprint density at radius 3 is 2.21 bits per heavy atom. The predicted molar refractivity (Wildman–Crippen MR) is 51.9 cm³/mol. The average Bonchev–Trinajstić information content (AvgIpc) is 2.16. The summed E-state index contributed by atoms with van der Waals surface area (Å²) in [5.74, 6) is -2.85. The van der Waals surface area contributed by atoms with Gasteiger partial charge < -0.3 is 10.8 Å². The van der Waals surface area contributed by atoms with Gasteiger partial charge in [-0.05, 0) is 17.7 Å². The van der Waals surface area contributed by atoms with Crippen molar-refractivity contribution in [2.75, 3.05) is 5.73 Å². The minimum atomic E-state index is -1.41. The second kappa shape index (κ2) is 3.91. The van der Waals surface area contributed by atoms with E-state index in [1.165, 1.54) is 0 Å². The number of carboxylic acid groups (broad SMARTS) is 1. The van der Waals surface area contributed by atoms with Crippen LogP contribution in [0.15, 0.2) is 24.3 Å². The number of Topliss-reactive ketones (excluding diaryl/α,β-unsaturated/α-hetero) is 1. The first kappa shape index (κ1) is 10.2. The maximum absolute atomic E-state index is 11.1. The summed E-state index contributed by atoms with van der Waals surface area (Å²) in [4.78, 5) is 21.5. The second-order valence-corrected chi connectivity index (χ2v) is 3.06. The van der Waals surface area contributed by atoms with Gasteiger partial charge in [0.1, 0.15) is 0 Å². The number of carboxylic acids is 1. The van der Waals surface area contributed by atoms with Crippen LogP contribution in [0.2, 0.25) is 0 Å². The highest BCUT2D eigenvalue weighted by molar-refractivity contribution is 6.34. The number of carbonyl (C=O) groups is 2. The summed E-state index contributed by atoms with van der Waals surface area (Å²) in [6.07, 6.45) is 0. The monoisotopic (exact) mass is 193 g/mol. The maximum atomic E-state index is 11.1. The molecule has 1 atom stereocenters. The van der Waals surface area contributed by atoms with Crippen LogP contribution in [-0.4, -0.2) is 16.9 Å². The molecule has 0 aliphatic carbocycles. The number of benzene rings is 1. The number of hydrogen-bond donors (Lipinski definition) is 2. The third kappa shape index (κ3) is 2.10. The normalized spacial score (nSPS) is 12.1. The number of ketones is 1. The van der Waals surface area contributed by atoms with Crippen molar-refractivity contribution in [3.63, 3.8) is 0 Å². The first-order valence-corrected chi connectivity index (χ1v) is 4.15. The molecule has 0 heterocycles. The van der Waals surface area contributed by atoms with Crippen molar-refractivity contribution in [3.8, 4) is 0 Å². The lowest BCUT2D eigenvalue weighted by Gasteiger charge is -2.07. The van der Waals surface area contributed by atoms with Crippen molar-refractivity contribution >= 4 is 17.4 Å². The molecule has 0 bridgehead atoms. The fraction of sp³-hybridized carbons (Fsp3) is 0.200. The van der Waals surface area contributed by atoms with Crippen molar-refractivity contribution in [1.82, 2.24) is 0 Å². The Morgan fingerprint density at radius 1 is 1.29 bits per heavy atom. The average molecular weight is 193 g/mol. The minimum Gasteiger partial charge on any atom is -0.475 e. The van der Waals surface area contributed by atoms with Crippen molar-refractivity contribution in [3.05, 3.63) is 29.8 Å². The van der Waals surface area contributed by atoms with Crippen LogP contribution in [0.4, 0.5) is 5.69 Å². The van der Waals surface area contributed by atoms with Crippen molar-refractivity contribution in [1.29, 1.82) is 0 Å². The van der Waals surface area contributed by atoms with Gasteiger partial charge in [-0.15, -0.1) is 0 Å².